The Labute approximate surface area is 421 Å². The maximum Gasteiger partial charge on any atom is 0.472 e. The molecule has 0 heterocycles. The summed E-state index contributed by atoms with van der Waals surface area (Å²) >= 11 is 0. The van der Waals surface area contributed by atoms with E-state index < -0.39 is 20.0 Å². The number of amides is 1. The minimum Gasteiger partial charge on any atom is -0.387 e. The molecule has 0 aliphatic heterocycles. The molecule has 0 aromatic rings. The first-order valence-corrected chi connectivity index (χ1v) is 29.8. The maximum absolute atomic E-state index is 13.0. The number of phosphoric ester groups is 1. The molecule has 0 aliphatic rings. The molecule has 0 aromatic carbocycles. The number of rotatable bonds is 51. The van der Waals surface area contributed by atoms with E-state index in [9.17, 15) is 19.4 Å². The van der Waals surface area contributed by atoms with Crippen molar-refractivity contribution in [1.82, 2.24) is 5.32 Å². The number of hydrogen-bond donors (Lipinski definition) is 3. The molecule has 0 aliphatic carbocycles. The highest BCUT2D eigenvalue weighted by molar-refractivity contribution is 7.47. The first kappa shape index (κ1) is 65.9. The Morgan fingerprint density at radius 1 is 0.515 bits per heavy atom. The summed E-state index contributed by atoms with van der Waals surface area (Å²) in [5.41, 5.74) is 0. The SMILES string of the molecule is CC/C=C\C/C=C\C/C=C\C/C=C\C/C=C\CCCCCCCCCCCCCC(=O)NC(COP(=O)(O)OCC[N+](C)(C)C)C(O)/C=C/CCCCCCCCCCCCCCCCCCC. The standard InChI is InChI=1S/C59H109N2O6P/c1-6-8-10-12-14-16-18-20-22-24-26-27-28-29-30-31-32-33-35-37-39-41-43-45-47-49-51-53-59(63)60-57(56-67-68(64,65)66-55-54-61(3,4)5)58(62)52-50-48-46-44-42-40-38-36-34-25-23-21-19-17-15-13-11-9-7-2/h8,10,14,16,20,22,26-27,29-30,50,52,57-58,62H,6-7,9,11-13,15,17-19,21,23-25,28,31-49,51,53-56H2,1-5H3,(H-,60,63,64,65)/p+1/b10-8-,16-14-,22-20-,27-26-,30-29-,52-50+. The average molecular weight is 975 g/mol. The highest BCUT2D eigenvalue weighted by Gasteiger charge is 2.27. The van der Waals surface area contributed by atoms with E-state index in [4.69, 9.17) is 9.05 Å². The molecule has 9 heteroatoms. The molecule has 3 unspecified atom stereocenters. The van der Waals surface area contributed by atoms with Crippen LogP contribution in [0.2, 0.25) is 0 Å². The lowest BCUT2D eigenvalue weighted by Gasteiger charge is -2.25. The van der Waals surface area contributed by atoms with Gasteiger partial charge in [-0.25, -0.2) is 4.57 Å². The van der Waals surface area contributed by atoms with Crippen LogP contribution in [-0.2, 0) is 18.4 Å². The summed E-state index contributed by atoms with van der Waals surface area (Å²) in [6.45, 7) is 4.71. The van der Waals surface area contributed by atoms with Crippen molar-refractivity contribution in [3.8, 4) is 0 Å². The molecule has 3 N–H and O–H groups in total. The summed E-state index contributed by atoms with van der Waals surface area (Å²) in [6, 6.07) is -0.852. The predicted molar refractivity (Wildman–Crippen MR) is 295 cm³/mol. The number of allylic oxidation sites excluding steroid dienone is 11. The van der Waals surface area contributed by atoms with Gasteiger partial charge in [0.1, 0.15) is 13.2 Å². The average Bonchev–Trinajstić information content (AvgIpc) is 3.30. The van der Waals surface area contributed by atoms with Crippen molar-refractivity contribution < 1.29 is 32.9 Å². The molecular formula is C59H110N2O6P+. The van der Waals surface area contributed by atoms with Gasteiger partial charge in [-0.05, 0) is 64.2 Å². The number of phosphoric acid groups is 1. The molecular weight excluding hydrogens is 864 g/mol. The number of hydrogen-bond acceptors (Lipinski definition) is 5. The Bertz CT molecular complexity index is 1330. The van der Waals surface area contributed by atoms with Crippen LogP contribution in [0.5, 0.6) is 0 Å². The van der Waals surface area contributed by atoms with E-state index in [-0.39, 0.29) is 19.1 Å². The van der Waals surface area contributed by atoms with Crippen molar-refractivity contribution in [3.05, 3.63) is 72.9 Å². The highest BCUT2D eigenvalue weighted by atomic mass is 31.2. The van der Waals surface area contributed by atoms with Gasteiger partial charge >= 0.3 is 7.82 Å². The Kier molecular flexibility index (Phi) is 48.4. The topological polar surface area (TPSA) is 105 Å². The number of unbranched alkanes of at least 4 members (excludes halogenated alkanes) is 28. The molecule has 0 aromatic heterocycles. The number of likely N-dealkylation sites (N-methyl/N-ethyl adjacent to an activating group) is 1. The zero-order chi connectivity index (χ0) is 49.9. The second-order valence-electron chi connectivity index (χ2n) is 20.3. The van der Waals surface area contributed by atoms with E-state index in [1.165, 1.54) is 154 Å². The molecule has 8 nitrogen and oxygen atoms in total. The van der Waals surface area contributed by atoms with Crippen LogP contribution in [0.1, 0.15) is 245 Å². The van der Waals surface area contributed by atoms with E-state index in [2.05, 4.69) is 79.9 Å². The lowest BCUT2D eigenvalue weighted by molar-refractivity contribution is -0.870. The minimum absolute atomic E-state index is 0.0586. The van der Waals surface area contributed by atoms with Crippen LogP contribution in [-0.4, -0.2) is 73.4 Å². The van der Waals surface area contributed by atoms with Crippen molar-refractivity contribution in [1.29, 1.82) is 0 Å². The second kappa shape index (κ2) is 49.9. The van der Waals surface area contributed by atoms with Crippen LogP contribution in [0, 0.1) is 0 Å². The van der Waals surface area contributed by atoms with Gasteiger partial charge in [-0.1, -0.05) is 247 Å². The fourth-order valence-electron chi connectivity index (χ4n) is 8.01. The fourth-order valence-corrected chi connectivity index (χ4v) is 8.75. The maximum atomic E-state index is 13.0. The van der Waals surface area contributed by atoms with Gasteiger partial charge < -0.3 is 19.8 Å². The largest absolute Gasteiger partial charge is 0.472 e. The van der Waals surface area contributed by atoms with Crippen LogP contribution in [0.3, 0.4) is 0 Å². The Morgan fingerprint density at radius 3 is 1.29 bits per heavy atom. The number of quaternary nitrogens is 1. The zero-order valence-electron chi connectivity index (χ0n) is 45.1. The Balaban J connectivity index is 4.23. The smallest absolute Gasteiger partial charge is 0.387 e. The van der Waals surface area contributed by atoms with Gasteiger partial charge in [0.05, 0.1) is 39.9 Å². The molecule has 0 fully saturated rings. The molecule has 0 radical (unpaired) electrons. The third-order valence-electron chi connectivity index (χ3n) is 12.4. The van der Waals surface area contributed by atoms with E-state index in [0.29, 0.717) is 17.4 Å². The lowest BCUT2D eigenvalue weighted by Crippen LogP contribution is -2.45. The van der Waals surface area contributed by atoms with Gasteiger partial charge in [0, 0.05) is 6.42 Å². The zero-order valence-corrected chi connectivity index (χ0v) is 46.0. The van der Waals surface area contributed by atoms with Crippen LogP contribution in [0.25, 0.3) is 0 Å². The van der Waals surface area contributed by atoms with Gasteiger partial charge in [0.15, 0.2) is 0 Å². The lowest BCUT2D eigenvalue weighted by atomic mass is 10.0. The molecule has 0 saturated carbocycles. The van der Waals surface area contributed by atoms with Gasteiger partial charge in [-0.15, -0.1) is 0 Å². The third-order valence-corrected chi connectivity index (χ3v) is 13.4. The van der Waals surface area contributed by atoms with Crippen LogP contribution in [0.15, 0.2) is 72.9 Å². The normalized spacial score (nSPS) is 14.5. The number of nitrogens with one attached hydrogen (secondary N) is 1. The van der Waals surface area contributed by atoms with Crippen molar-refractivity contribution in [2.24, 2.45) is 0 Å². The first-order chi connectivity index (χ1) is 33.0. The monoisotopic (exact) mass is 974 g/mol. The number of carbonyl (C=O) groups is 1. The van der Waals surface area contributed by atoms with Gasteiger partial charge in [-0.3, -0.25) is 13.8 Å². The summed E-state index contributed by atoms with van der Waals surface area (Å²) in [4.78, 5) is 23.3. The molecule has 396 valence electrons. The Hall–Kier alpha value is -2.06. The third kappa shape index (κ3) is 51.8. The van der Waals surface area contributed by atoms with Gasteiger partial charge in [0.25, 0.3) is 0 Å². The minimum atomic E-state index is -4.35. The quantitative estimate of drug-likeness (QED) is 0.0243. The molecule has 0 spiro atoms. The molecule has 3 atom stereocenters. The molecule has 0 bridgehead atoms. The van der Waals surface area contributed by atoms with Crippen molar-refractivity contribution in [2.75, 3.05) is 40.9 Å². The second-order valence-corrected chi connectivity index (χ2v) is 21.7. The first-order valence-electron chi connectivity index (χ1n) is 28.3. The van der Waals surface area contributed by atoms with E-state index in [0.717, 1.165) is 70.6 Å². The Morgan fingerprint density at radius 2 is 0.882 bits per heavy atom. The molecule has 0 rings (SSSR count). The number of aliphatic hydroxyl groups is 1. The van der Waals surface area contributed by atoms with Gasteiger partial charge in [-0.2, -0.15) is 0 Å². The fraction of sp³-hybridized carbons (Fsp3) is 0.780. The molecule has 1 amide bonds. The van der Waals surface area contributed by atoms with Crippen molar-refractivity contribution >= 4 is 13.7 Å². The summed E-state index contributed by atoms with van der Waals surface area (Å²) in [6.07, 6.45) is 68.5. The van der Waals surface area contributed by atoms with E-state index in [1.54, 1.807) is 6.08 Å². The van der Waals surface area contributed by atoms with Crippen LogP contribution in [0.4, 0.5) is 0 Å². The molecule has 0 saturated heterocycles. The van der Waals surface area contributed by atoms with Crippen molar-refractivity contribution in [2.45, 2.75) is 257 Å². The van der Waals surface area contributed by atoms with Crippen LogP contribution < -0.4 is 5.32 Å². The summed E-state index contributed by atoms with van der Waals surface area (Å²) in [5.74, 6) is -0.181. The highest BCUT2D eigenvalue weighted by Crippen LogP contribution is 2.43. The van der Waals surface area contributed by atoms with E-state index >= 15 is 0 Å². The van der Waals surface area contributed by atoms with Crippen molar-refractivity contribution in [3.63, 3.8) is 0 Å². The number of nitrogens with zero attached hydrogens (tertiary/aromatic N) is 1. The van der Waals surface area contributed by atoms with Crippen LogP contribution >= 0.6 is 7.82 Å². The predicted octanol–water partition coefficient (Wildman–Crippen LogP) is 17.1. The number of aliphatic hydroxyl groups excluding tert-OH is 1. The van der Waals surface area contributed by atoms with Gasteiger partial charge in [0.2, 0.25) is 5.91 Å². The molecule has 68 heavy (non-hydrogen) atoms. The summed E-state index contributed by atoms with van der Waals surface area (Å²) in [7, 11) is 1.57. The van der Waals surface area contributed by atoms with E-state index in [1.807, 2.05) is 27.2 Å². The summed E-state index contributed by atoms with van der Waals surface area (Å²) < 4.78 is 23.7. The summed E-state index contributed by atoms with van der Waals surface area (Å²) in [5, 5.41) is 13.9. The number of carbonyl (C=O) groups excluding carboxylic acids is 1.